The van der Waals surface area contributed by atoms with Crippen LogP contribution in [0.4, 0.5) is 5.69 Å². The number of aryl methyl sites for hydroxylation is 1. The van der Waals surface area contributed by atoms with Gasteiger partial charge in [-0.1, -0.05) is 40.9 Å². The van der Waals surface area contributed by atoms with E-state index < -0.39 is 0 Å². The molecule has 104 valence electrons. The summed E-state index contributed by atoms with van der Waals surface area (Å²) < 4.78 is 5.38. The molecular weight excluding hydrogens is 297 g/mol. The third-order valence-corrected chi connectivity index (χ3v) is 2.97. The number of hydrogen-bond acceptors (Lipinski definition) is 2. The zero-order valence-corrected chi connectivity index (χ0v) is 12.3. The van der Waals surface area contributed by atoms with Gasteiger partial charge in [0.25, 0.3) is 5.91 Å². The Balaban J connectivity index is 1.90. The Labute approximate surface area is 127 Å². The average molecular weight is 310 g/mol. The quantitative estimate of drug-likeness (QED) is 0.913. The van der Waals surface area contributed by atoms with Crippen molar-refractivity contribution in [3.8, 4) is 5.75 Å². The van der Waals surface area contributed by atoms with Crippen LogP contribution < -0.4 is 10.1 Å². The van der Waals surface area contributed by atoms with Gasteiger partial charge in [0.05, 0.1) is 0 Å². The van der Waals surface area contributed by atoms with E-state index in [4.69, 9.17) is 27.9 Å². The lowest BCUT2D eigenvalue weighted by Gasteiger charge is -2.08. The molecule has 3 nitrogen and oxygen atoms in total. The highest BCUT2D eigenvalue weighted by molar-refractivity contribution is 6.35. The number of hydrogen-bond donors (Lipinski definition) is 1. The molecule has 0 fully saturated rings. The Hall–Kier alpha value is -1.71. The van der Waals surface area contributed by atoms with Gasteiger partial charge in [-0.25, -0.2) is 0 Å². The molecule has 0 heterocycles. The Bertz CT molecular complexity index is 592. The fraction of sp³-hybridized carbons (Fsp3) is 0.133. The number of nitrogens with one attached hydrogen (secondary N) is 1. The van der Waals surface area contributed by atoms with Gasteiger partial charge in [0.1, 0.15) is 5.75 Å². The summed E-state index contributed by atoms with van der Waals surface area (Å²) in [6.45, 7) is 1.91. The molecule has 0 aromatic heterocycles. The van der Waals surface area contributed by atoms with Crippen LogP contribution in [-0.2, 0) is 4.79 Å². The second-order valence-electron chi connectivity index (χ2n) is 4.31. The summed E-state index contributed by atoms with van der Waals surface area (Å²) in [6.07, 6.45) is 0. The molecule has 1 N–H and O–H groups in total. The first kappa shape index (κ1) is 14.7. The molecular formula is C15H13Cl2NO2. The van der Waals surface area contributed by atoms with Crippen LogP contribution >= 0.6 is 23.2 Å². The summed E-state index contributed by atoms with van der Waals surface area (Å²) >= 11 is 11.7. The number of rotatable bonds is 4. The largest absolute Gasteiger partial charge is 0.484 e. The molecule has 0 aliphatic carbocycles. The van der Waals surface area contributed by atoms with Gasteiger partial charge >= 0.3 is 0 Å². The van der Waals surface area contributed by atoms with Gasteiger partial charge in [-0.05, 0) is 37.3 Å². The van der Waals surface area contributed by atoms with Crippen LogP contribution in [0.1, 0.15) is 5.56 Å². The van der Waals surface area contributed by atoms with Crippen molar-refractivity contribution in [3.05, 3.63) is 58.1 Å². The summed E-state index contributed by atoms with van der Waals surface area (Å²) in [4.78, 5) is 11.8. The Morgan fingerprint density at radius 1 is 1.10 bits per heavy atom. The molecule has 2 aromatic carbocycles. The van der Waals surface area contributed by atoms with E-state index in [-0.39, 0.29) is 12.5 Å². The lowest BCUT2D eigenvalue weighted by molar-refractivity contribution is -0.118. The highest BCUT2D eigenvalue weighted by Crippen LogP contribution is 2.22. The van der Waals surface area contributed by atoms with Gasteiger partial charge in [-0.15, -0.1) is 0 Å². The molecule has 1 amide bonds. The summed E-state index contributed by atoms with van der Waals surface area (Å²) in [5.41, 5.74) is 1.68. The molecule has 20 heavy (non-hydrogen) atoms. The van der Waals surface area contributed by atoms with E-state index >= 15 is 0 Å². The molecule has 2 aromatic rings. The minimum Gasteiger partial charge on any atom is -0.484 e. The first-order valence-corrected chi connectivity index (χ1v) is 6.74. The lowest BCUT2D eigenvalue weighted by atomic mass is 10.2. The average Bonchev–Trinajstić information content (AvgIpc) is 2.37. The van der Waals surface area contributed by atoms with Crippen molar-refractivity contribution in [2.24, 2.45) is 0 Å². The number of carbonyl (C=O) groups excluding carboxylic acids is 1. The molecule has 5 heteroatoms. The summed E-state index contributed by atoms with van der Waals surface area (Å²) in [6, 6.07) is 12.3. The van der Waals surface area contributed by atoms with E-state index in [1.165, 1.54) is 0 Å². The van der Waals surface area contributed by atoms with Gasteiger partial charge in [0, 0.05) is 15.7 Å². The Morgan fingerprint density at radius 3 is 2.30 bits per heavy atom. The highest BCUT2D eigenvalue weighted by Gasteiger charge is 2.05. The van der Waals surface area contributed by atoms with Crippen LogP contribution in [0.15, 0.2) is 42.5 Å². The van der Waals surface area contributed by atoms with Crippen LogP contribution in [0.5, 0.6) is 5.75 Å². The molecule has 0 spiro atoms. The third-order valence-electron chi connectivity index (χ3n) is 2.54. The number of benzene rings is 2. The van der Waals surface area contributed by atoms with E-state index in [9.17, 15) is 4.79 Å². The van der Waals surface area contributed by atoms with Gasteiger partial charge in [-0.2, -0.15) is 0 Å². The first-order chi connectivity index (χ1) is 9.52. The zero-order valence-electron chi connectivity index (χ0n) is 10.8. The van der Waals surface area contributed by atoms with Crippen LogP contribution in [-0.4, -0.2) is 12.5 Å². The topological polar surface area (TPSA) is 38.3 Å². The minimum absolute atomic E-state index is 0.0762. The van der Waals surface area contributed by atoms with Crippen molar-refractivity contribution < 1.29 is 9.53 Å². The number of anilines is 1. The normalized spacial score (nSPS) is 10.2. The van der Waals surface area contributed by atoms with Gasteiger partial charge in [0.15, 0.2) is 6.61 Å². The van der Waals surface area contributed by atoms with E-state index in [2.05, 4.69) is 5.32 Å². The fourth-order valence-electron chi connectivity index (χ4n) is 1.61. The Morgan fingerprint density at radius 2 is 1.70 bits per heavy atom. The predicted octanol–water partition coefficient (Wildman–Crippen LogP) is 4.32. The second kappa shape index (κ2) is 6.64. The number of halogens is 2. The monoisotopic (exact) mass is 309 g/mol. The van der Waals surface area contributed by atoms with Crippen molar-refractivity contribution >= 4 is 34.8 Å². The van der Waals surface area contributed by atoms with Crippen molar-refractivity contribution in [1.29, 1.82) is 0 Å². The smallest absolute Gasteiger partial charge is 0.262 e. The summed E-state index contributed by atoms with van der Waals surface area (Å²) in [5, 5.41) is 3.60. The van der Waals surface area contributed by atoms with Crippen molar-refractivity contribution in [1.82, 2.24) is 0 Å². The van der Waals surface area contributed by atoms with Crippen LogP contribution in [0, 0.1) is 6.92 Å². The Kier molecular flexibility index (Phi) is 4.88. The maximum atomic E-state index is 11.8. The fourth-order valence-corrected chi connectivity index (χ4v) is 2.13. The van der Waals surface area contributed by atoms with E-state index in [1.807, 2.05) is 31.2 Å². The molecule has 0 atom stereocenters. The van der Waals surface area contributed by atoms with E-state index in [0.29, 0.717) is 21.5 Å². The zero-order chi connectivity index (χ0) is 14.5. The molecule has 2 rings (SSSR count). The molecule has 0 aliphatic heterocycles. The van der Waals surface area contributed by atoms with Gasteiger partial charge in [-0.3, -0.25) is 4.79 Å². The SMILES string of the molecule is Cc1ccc(OCC(=O)Nc2cc(Cl)cc(Cl)c2)cc1. The minimum atomic E-state index is -0.274. The molecule has 0 saturated carbocycles. The maximum absolute atomic E-state index is 11.8. The van der Waals surface area contributed by atoms with Crippen molar-refractivity contribution in [2.75, 3.05) is 11.9 Å². The molecule has 0 unspecified atom stereocenters. The standard InChI is InChI=1S/C15H13Cl2NO2/c1-10-2-4-14(5-3-10)20-9-15(19)18-13-7-11(16)6-12(17)8-13/h2-8H,9H2,1H3,(H,18,19). The van der Waals surface area contributed by atoms with E-state index in [0.717, 1.165) is 5.56 Å². The van der Waals surface area contributed by atoms with Crippen LogP contribution in [0.25, 0.3) is 0 Å². The van der Waals surface area contributed by atoms with Gasteiger partial charge < -0.3 is 10.1 Å². The molecule has 0 saturated heterocycles. The number of ether oxygens (including phenoxy) is 1. The van der Waals surface area contributed by atoms with Crippen molar-refractivity contribution in [3.63, 3.8) is 0 Å². The number of amides is 1. The van der Waals surface area contributed by atoms with Crippen molar-refractivity contribution in [2.45, 2.75) is 6.92 Å². The highest BCUT2D eigenvalue weighted by atomic mass is 35.5. The predicted molar refractivity (Wildman–Crippen MR) is 81.8 cm³/mol. The van der Waals surface area contributed by atoms with Crippen LogP contribution in [0.2, 0.25) is 10.0 Å². The summed E-state index contributed by atoms with van der Waals surface area (Å²) in [5.74, 6) is 0.374. The lowest BCUT2D eigenvalue weighted by Crippen LogP contribution is -2.20. The van der Waals surface area contributed by atoms with Gasteiger partial charge in [0.2, 0.25) is 0 Å². The summed E-state index contributed by atoms with van der Waals surface area (Å²) in [7, 11) is 0. The molecule has 0 aliphatic rings. The molecule has 0 radical (unpaired) electrons. The number of carbonyl (C=O) groups is 1. The van der Waals surface area contributed by atoms with E-state index in [1.54, 1.807) is 18.2 Å². The first-order valence-electron chi connectivity index (χ1n) is 5.98. The third kappa shape index (κ3) is 4.44. The van der Waals surface area contributed by atoms with Crippen LogP contribution in [0.3, 0.4) is 0 Å². The maximum Gasteiger partial charge on any atom is 0.262 e. The molecule has 0 bridgehead atoms. The second-order valence-corrected chi connectivity index (χ2v) is 5.18.